The fourth-order valence-corrected chi connectivity index (χ4v) is 4.68. The molecule has 0 radical (unpaired) electrons. The largest absolute Gasteiger partial charge is 0.373 e. The lowest BCUT2D eigenvalue weighted by Gasteiger charge is -2.47. The molecule has 2 aliphatic rings. The third-order valence-corrected chi connectivity index (χ3v) is 5.85. The number of hydrogen-bond acceptors (Lipinski definition) is 4. The van der Waals surface area contributed by atoms with Crippen molar-refractivity contribution < 1.29 is 9.53 Å². The third-order valence-electron chi connectivity index (χ3n) is 4.28. The molecule has 0 aliphatic carbocycles. The van der Waals surface area contributed by atoms with Crippen LogP contribution in [0.25, 0.3) is 0 Å². The highest BCUT2D eigenvalue weighted by Gasteiger charge is 2.50. The van der Waals surface area contributed by atoms with Gasteiger partial charge in [0.1, 0.15) is 0 Å². The SMILES string of the molecule is CC(C)CC(=O)N1CC2(C[C@@H](OCc3cccnc3)CS2)C1. The summed E-state index contributed by atoms with van der Waals surface area (Å²) in [6.45, 7) is 6.62. The minimum Gasteiger partial charge on any atom is -0.373 e. The second-order valence-electron chi connectivity index (χ2n) is 6.84. The van der Waals surface area contributed by atoms with E-state index >= 15 is 0 Å². The number of likely N-dealkylation sites (tertiary alicyclic amines) is 1. The van der Waals surface area contributed by atoms with E-state index in [1.165, 1.54) is 0 Å². The average Bonchev–Trinajstić information content (AvgIpc) is 2.88. The molecule has 0 N–H and O–H groups in total. The molecule has 2 saturated heterocycles. The van der Waals surface area contributed by atoms with E-state index in [0.717, 1.165) is 30.8 Å². The Hall–Kier alpha value is -1.07. The zero-order valence-corrected chi connectivity index (χ0v) is 14.1. The first-order valence-corrected chi connectivity index (χ1v) is 8.97. The van der Waals surface area contributed by atoms with Crippen molar-refractivity contribution in [1.82, 2.24) is 9.88 Å². The van der Waals surface area contributed by atoms with Crippen molar-refractivity contribution in [3.05, 3.63) is 30.1 Å². The van der Waals surface area contributed by atoms with Gasteiger partial charge in [0.15, 0.2) is 0 Å². The summed E-state index contributed by atoms with van der Waals surface area (Å²) in [6.07, 6.45) is 5.66. The van der Waals surface area contributed by atoms with Gasteiger partial charge in [-0.1, -0.05) is 19.9 Å². The summed E-state index contributed by atoms with van der Waals surface area (Å²) in [7, 11) is 0. The third kappa shape index (κ3) is 3.63. The Morgan fingerprint density at radius 2 is 2.36 bits per heavy atom. The predicted octanol–water partition coefficient (Wildman–Crippen LogP) is 2.73. The number of hydrogen-bond donors (Lipinski definition) is 0. The minimum atomic E-state index is 0.256. The summed E-state index contributed by atoms with van der Waals surface area (Å²) in [5.74, 6) is 1.78. The molecule has 5 heteroatoms. The van der Waals surface area contributed by atoms with Crippen LogP contribution in [0.15, 0.2) is 24.5 Å². The quantitative estimate of drug-likeness (QED) is 0.836. The maximum atomic E-state index is 12.0. The molecule has 1 aromatic heterocycles. The highest BCUT2D eigenvalue weighted by Crippen LogP contribution is 2.46. The highest BCUT2D eigenvalue weighted by molar-refractivity contribution is 8.01. The maximum absolute atomic E-state index is 12.0. The van der Waals surface area contributed by atoms with E-state index in [1.54, 1.807) is 6.20 Å². The first-order valence-electron chi connectivity index (χ1n) is 7.98. The molecule has 22 heavy (non-hydrogen) atoms. The lowest BCUT2D eigenvalue weighted by molar-refractivity contribution is -0.137. The second kappa shape index (κ2) is 6.59. The van der Waals surface area contributed by atoms with Crippen LogP contribution in [0.2, 0.25) is 0 Å². The van der Waals surface area contributed by atoms with E-state index in [0.29, 0.717) is 31.0 Å². The Kier molecular flexibility index (Phi) is 4.73. The van der Waals surface area contributed by atoms with Gasteiger partial charge < -0.3 is 9.64 Å². The fourth-order valence-electron chi connectivity index (χ4n) is 3.13. The Balaban J connectivity index is 1.43. The Bertz CT molecular complexity index is 515. The summed E-state index contributed by atoms with van der Waals surface area (Å²) in [4.78, 5) is 18.2. The normalized spacial score (nSPS) is 23.0. The zero-order chi connectivity index (χ0) is 15.6. The van der Waals surface area contributed by atoms with Crippen LogP contribution in [-0.2, 0) is 16.1 Å². The lowest BCUT2D eigenvalue weighted by Crippen LogP contribution is -2.60. The standard InChI is InChI=1S/C17H24N2O2S/c1-13(2)6-16(20)19-11-17(12-19)7-15(10-22-17)21-9-14-4-3-5-18-8-14/h3-5,8,13,15H,6-7,9-12H2,1-2H3/t15-/m1/s1. The molecule has 2 aliphatic heterocycles. The number of pyridine rings is 1. The summed E-state index contributed by atoms with van der Waals surface area (Å²) in [5.41, 5.74) is 1.12. The zero-order valence-electron chi connectivity index (χ0n) is 13.3. The molecular weight excluding hydrogens is 296 g/mol. The van der Waals surface area contributed by atoms with Gasteiger partial charge in [0.2, 0.25) is 5.91 Å². The van der Waals surface area contributed by atoms with Gasteiger partial charge in [0.05, 0.1) is 17.5 Å². The van der Waals surface area contributed by atoms with Crippen LogP contribution >= 0.6 is 11.8 Å². The van der Waals surface area contributed by atoms with Gasteiger partial charge in [0.25, 0.3) is 0 Å². The van der Waals surface area contributed by atoms with Crippen molar-refractivity contribution in [1.29, 1.82) is 0 Å². The summed E-state index contributed by atoms with van der Waals surface area (Å²) in [5, 5.41) is 0. The highest BCUT2D eigenvalue weighted by atomic mass is 32.2. The Morgan fingerprint density at radius 3 is 3.05 bits per heavy atom. The summed E-state index contributed by atoms with van der Waals surface area (Å²) >= 11 is 1.98. The van der Waals surface area contributed by atoms with E-state index in [9.17, 15) is 4.79 Å². The van der Waals surface area contributed by atoms with E-state index in [1.807, 2.05) is 35.0 Å². The molecule has 0 unspecified atom stereocenters. The molecule has 0 saturated carbocycles. The fraction of sp³-hybridized carbons (Fsp3) is 0.647. The van der Waals surface area contributed by atoms with Gasteiger partial charge in [-0.25, -0.2) is 0 Å². The topological polar surface area (TPSA) is 42.4 Å². The van der Waals surface area contributed by atoms with Gasteiger partial charge in [-0.15, -0.1) is 11.8 Å². The van der Waals surface area contributed by atoms with Crippen molar-refractivity contribution in [2.45, 2.75) is 44.1 Å². The summed E-state index contributed by atoms with van der Waals surface area (Å²) in [6, 6.07) is 3.98. The van der Waals surface area contributed by atoms with Crippen LogP contribution in [0.4, 0.5) is 0 Å². The van der Waals surface area contributed by atoms with Gasteiger partial charge in [-0.3, -0.25) is 9.78 Å². The first-order chi connectivity index (χ1) is 10.6. The number of aromatic nitrogens is 1. The van der Waals surface area contributed by atoms with Crippen LogP contribution in [0, 0.1) is 5.92 Å². The van der Waals surface area contributed by atoms with Crippen LogP contribution in [0.5, 0.6) is 0 Å². The maximum Gasteiger partial charge on any atom is 0.222 e. The molecule has 1 aromatic rings. The monoisotopic (exact) mass is 320 g/mol. The van der Waals surface area contributed by atoms with Crippen LogP contribution < -0.4 is 0 Å². The molecule has 0 bridgehead atoms. The van der Waals surface area contributed by atoms with Gasteiger partial charge in [-0.05, 0) is 24.0 Å². The molecule has 4 nitrogen and oxygen atoms in total. The average molecular weight is 320 g/mol. The van der Waals surface area contributed by atoms with Crippen molar-refractivity contribution in [3.8, 4) is 0 Å². The van der Waals surface area contributed by atoms with Crippen LogP contribution in [0.3, 0.4) is 0 Å². The van der Waals surface area contributed by atoms with E-state index in [2.05, 4.69) is 18.8 Å². The molecule has 0 aromatic carbocycles. The van der Waals surface area contributed by atoms with E-state index < -0.39 is 0 Å². The van der Waals surface area contributed by atoms with Gasteiger partial charge in [-0.2, -0.15) is 0 Å². The molecule has 1 atom stereocenters. The van der Waals surface area contributed by atoms with Gasteiger partial charge in [0, 0.05) is 37.7 Å². The Labute approximate surface area is 136 Å². The van der Waals surface area contributed by atoms with Gasteiger partial charge >= 0.3 is 0 Å². The summed E-state index contributed by atoms with van der Waals surface area (Å²) < 4.78 is 6.27. The predicted molar refractivity (Wildman–Crippen MR) is 88.7 cm³/mol. The lowest BCUT2D eigenvalue weighted by atomic mass is 9.92. The Morgan fingerprint density at radius 1 is 1.55 bits per heavy atom. The van der Waals surface area contributed by atoms with E-state index in [-0.39, 0.29) is 4.75 Å². The number of amides is 1. The number of carbonyl (C=O) groups excluding carboxylic acids is 1. The molecule has 3 heterocycles. The minimum absolute atomic E-state index is 0.256. The molecule has 1 amide bonds. The van der Waals surface area contributed by atoms with Crippen molar-refractivity contribution in [2.24, 2.45) is 5.92 Å². The molecule has 2 fully saturated rings. The number of thioether (sulfide) groups is 1. The van der Waals surface area contributed by atoms with Crippen LogP contribution in [-0.4, -0.2) is 45.5 Å². The second-order valence-corrected chi connectivity index (χ2v) is 8.33. The van der Waals surface area contributed by atoms with Crippen molar-refractivity contribution in [3.63, 3.8) is 0 Å². The number of ether oxygens (including phenoxy) is 1. The number of rotatable bonds is 5. The number of nitrogens with zero attached hydrogens (tertiary/aromatic N) is 2. The van der Waals surface area contributed by atoms with Crippen LogP contribution in [0.1, 0.15) is 32.3 Å². The number of carbonyl (C=O) groups is 1. The van der Waals surface area contributed by atoms with Crippen molar-refractivity contribution >= 4 is 17.7 Å². The molecular formula is C17H24N2O2S. The molecule has 1 spiro atoms. The smallest absolute Gasteiger partial charge is 0.222 e. The molecule has 3 rings (SSSR count). The van der Waals surface area contributed by atoms with Crippen molar-refractivity contribution in [2.75, 3.05) is 18.8 Å². The van der Waals surface area contributed by atoms with E-state index in [4.69, 9.17) is 4.74 Å². The first kappa shape index (κ1) is 15.8. The molecule has 120 valence electrons.